The van der Waals surface area contributed by atoms with Gasteiger partial charge >= 0.3 is 6.09 Å². The van der Waals surface area contributed by atoms with Crippen molar-refractivity contribution in [1.29, 1.82) is 0 Å². The van der Waals surface area contributed by atoms with Crippen molar-refractivity contribution in [2.75, 3.05) is 5.06 Å². The Hall–Kier alpha value is -2.45. The minimum absolute atomic E-state index is 0.00132. The summed E-state index contributed by atoms with van der Waals surface area (Å²) in [6.45, 7) is 0.00132. The zero-order valence-electron chi connectivity index (χ0n) is 11.2. The molecule has 0 aliphatic carbocycles. The van der Waals surface area contributed by atoms with Crippen molar-refractivity contribution < 1.29 is 19.7 Å². The molecule has 0 aliphatic heterocycles. The number of carbonyl (C=O) groups is 1. The van der Waals surface area contributed by atoms with Crippen LogP contribution in [-0.4, -0.2) is 16.2 Å². The maximum absolute atomic E-state index is 11.8. The van der Waals surface area contributed by atoms with Gasteiger partial charge in [-0.1, -0.05) is 30.3 Å². The van der Waals surface area contributed by atoms with E-state index in [9.17, 15) is 20.1 Å². The van der Waals surface area contributed by atoms with Crippen LogP contribution < -0.4 is 5.06 Å². The summed E-state index contributed by atoms with van der Waals surface area (Å²) in [5.74, 6) is 0. The van der Waals surface area contributed by atoms with Crippen molar-refractivity contribution >= 4 is 33.4 Å². The Morgan fingerprint density at radius 1 is 1.27 bits per heavy atom. The summed E-state index contributed by atoms with van der Waals surface area (Å²) >= 11 is 3.07. The van der Waals surface area contributed by atoms with E-state index in [0.717, 1.165) is 5.56 Å². The normalized spacial score (nSPS) is 10.1. The molecule has 0 spiro atoms. The van der Waals surface area contributed by atoms with Gasteiger partial charge in [0.05, 0.1) is 15.1 Å². The van der Waals surface area contributed by atoms with Crippen LogP contribution in [0.3, 0.4) is 0 Å². The quantitative estimate of drug-likeness (QED) is 0.503. The molecule has 0 unspecified atom stereocenters. The van der Waals surface area contributed by atoms with Crippen molar-refractivity contribution in [1.82, 2.24) is 0 Å². The number of hydroxylamine groups is 1. The largest absolute Gasteiger partial charge is 0.443 e. The number of non-ortho nitro benzene ring substituents is 1. The number of halogens is 1. The molecule has 0 atom stereocenters. The Balaban J connectivity index is 2.05. The summed E-state index contributed by atoms with van der Waals surface area (Å²) in [6.07, 6.45) is -0.988. The van der Waals surface area contributed by atoms with Gasteiger partial charge in [-0.15, -0.1) is 0 Å². The molecule has 7 nitrogen and oxygen atoms in total. The Bertz CT molecular complexity index is 693. The third kappa shape index (κ3) is 3.80. The lowest BCUT2D eigenvalue weighted by Gasteiger charge is -2.16. The molecule has 0 bridgehead atoms. The molecule has 114 valence electrons. The van der Waals surface area contributed by atoms with Crippen LogP contribution in [0.5, 0.6) is 0 Å². The number of amides is 1. The summed E-state index contributed by atoms with van der Waals surface area (Å²) < 4.78 is 5.15. The van der Waals surface area contributed by atoms with Gasteiger partial charge in [-0.2, -0.15) is 5.06 Å². The predicted molar refractivity (Wildman–Crippen MR) is 81.7 cm³/mol. The molecule has 0 fully saturated rings. The van der Waals surface area contributed by atoms with E-state index in [1.165, 1.54) is 18.2 Å². The van der Waals surface area contributed by atoms with Crippen LogP contribution in [0, 0.1) is 10.1 Å². The Morgan fingerprint density at radius 3 is 2.55 bits per heavy atom. The Kier molecular flexibility index (Phi) is 5.08. The lowest BCUT2D eigenvalue weighted by atomic mass is 10.2. The first-order valence-electron chi connectivity index (χ1n) is 6.12. The molecule has 1 N–H and O–H groups in total. The Labute approximate surface area is 134 Å². The molecule has 2 rings (SSSR count). The average Bonchev–Trinajstić information content (AvgIpc) is 2.52. The topological polar surface area (TPSA) is 92.9 Å². The summed E-state index contributed by atoms with van der Waals surface area (Å²) in [6, 6.07) is 12.6. The molecule has 0 aliphatic rings. The molecule has 0 saturated carbocycles. The van der Waals surface area contributed by atoms with E-state index in [1.807, 2.05) is 6.07 Å². The van der Waals surface area contributed by atoms with Gasteiger partial charge in [0.25, 0.3) is 5.69 Å². The molecule has 0 heterocycles. The molecule has 0 radical (unpaired) electrons. The first kappa shape index (κ1) is 15.9. The molecule has 2 aromatic carbocycles. The highest BCUT2D eigenvalue weighted by atomic mass is 79.9. The smallest absolute Gasteiger partial charge is 0.438 e. The van der Waals surface area contributed by atoms with Crippen LogP contribution in [0.2, 0.25) is 0 Å². The third-order valence-corrected chi connectivity index (χ3v) is 3.38. The van der Waals surface area contributed by atoms with Gasteiger partial charge in [0, 0.05) is 12.1 Å². The highest BCUT2D eigenvalue weighted by Crippen LogP contribution is 2.29. The van der Waals surface area contributed by atoms with Gasteiger partial charge in [0.1, 0.15) is 6.61 Å². The molecule has 0 saturated heterocycles. The zero-order chi connectivity index (χ0) is 16.1. The lowest BCUT2D eigenvalue weighted by Crippen LogP contribution is -2.28. The van der Waals surface area contributed by atoms with Gasteiger partial charge in [0.2, 0.25) is 0 Å². The van der Waals surface area contributed by atoms with Gasteiger partial charge in [0.15, 0.2) is 0 Å². The maximum Gasteiger partial charge on any atom is 0.438 e. The number of rotatable bonds is 4. The molecule has 1 amide bonds. The highest BCUT2D eigenvalue weighted by Gasteiger charge is 2.19. The number of nitro groups is 1. The van der Waals surface area contributed by atoms with Gasteiger partial charge in [-0.05, 0) is 27.6 Å². The van der Waals surface area contributed by atoms with Gasteiger partial charge in [-0.3, -0.25) is 15.3 Å². The van der Waals surface area contributed by atoms with Crippen molar-refractivity contribution in [3.63, 3.8) is 0 Å². The predicted octanol–water partition coefficient (Wildman–Crippen LogP) is 3.89. The van der Waals surface area contributed by atoms with E-state index in [1.54, 1.807) is 24.3 Å². The standard InChI is InChI=1S/C14H11BrN2O5/c15-12-8-11(17(20)21)6-7-13(12)16(19)14(18)22-9-10-4-2-1-3-5-10/h1-8,19H,9H2. The monoisotopic (exact) mass is 366 g/mol. The number of ether oxygens (including phenoxy) is 1. The number of nitrogens with zero attached hydrogens (tertiary/aromatic N) is 2. The van der Waals surface area contributed by atoms with Crippen molar-refractivity contribution in [3.8, 4) is 0 Å². The second kappa shape index (κ2) is 7.01. The van der Waals surface area contributed by atoms with E-state index < -0.39 is 11.0 Å². The SMILES string of the molecule is O=C(OCc1ccccc1)N(O)c1ccc([N+](=O)[O-])cc1Br. The molecular formula is C14H11BrN2O5. The maximum atomic E-state index is 11.8. The van der Waals surface area contributed by atoms with E-state index in [-0.39, 0.29) is 27.5 Å². The first-order valence-corrected chi connectivity index (χ1v) is 6.92. The van der Waals surface area contributed by atoms with Crippen molar-refractivity contribution in [2.24, 2.45) is 0 Å². The number of anilines is 1. The van der Waals surface area contributed by atoms with E-state index in [2.05, 4.69) is 15.9 Å². The summed E-state index contributed by atoms with van der Waals surface area (Å²) in [7, 11) is 0. The molecular weight excluding hydrogens is 356 g/mol. The molecule has 8 heteroatoms. The first-order chi connectivity index (χ1) is 10.5. The van der Waals surface area contributed by atoms with Crippen LogP contribution in [0.4, 0.5) is 16.2 Å². The minimum Gasteiger partial charge on any atom is -0.443 e. The van der Waals surface area contributed by atoms with Gasteiger partial charge in [-0.25, -0.2) is 4.79 Å². The fraction of sp³-hybridized carbons (Fsp3) is 0.0714. The van der Waals surface area contributed by atoms with E-state index >= 15 is 0 Å². The average molecular weight is 367 g/mol. The van der Waals surface area contributed by atoms with Gasteiger partial charge < -0.3 is 4.74 Å². The molecule has 2 aromatic rings. The van der Waals surface area contributed by atoms with E-state index in [4.69, 9.17) is 4.74 Å². The van der Waals surface area contributed by atoms with E-state index in [0.29, 0.717) is 0 Å². The second-order valence-corrected chi connectivity index (χ2v) is 5.10. The third-order valence-electron chi connectivity index (χ3n) is 2.75. The highest BCUT2D eigenvalue weighted by molar-refractivity contribution is 9.10. The van der Waals surface area contributed by atoms with Crippen LogP contribution in [0.15, 0.2) is 53.0 Å². The van der Waals surface area contributed by atoms with Crippen molar-refractivity contribution in [3.05, 3.63) is 68.7 Å². The lowest BCUT2D eigenvalue weighted by molar-refractivity contribution is -0.384. The number of hydrogen-bond acceptors (Lipinski definition) is 5. The minimum atomic E-state index is -0.988. The number of hydrogen-bond donors (Lipinski definition) is 1. The number of benzene rings is 2. The fourth-order valence-corrected chi connectivity index (χ4v) is 2.19. The number of carbonyl (C=O) groups excluding carboxylic acids is 1. The Morgan fingerprint density at radius 2 is 1.95 bits per heavy atom. The second-order valence-electron chi connectivity index (χ2n) is 4.24. The summed E-state index contributed by atoms with van der Waals surface area (Å²) in [4.78, 5) is 21.9. The van der Waals surface area contributed by atoms with Crippen LogP contribution in [0.25, 0.3) is 0 Å². The molecule has 22 heavy (non-hydrogen) atoms. The van der Waals surface area contributed by atoms with Crippen LogP contribution >= 0.6 is 15.9 Å². The van der Waals surface area contributed by atoms with Crippen molar-refractivity contribution in [2.45, 2.75) is 6.61 Å². The fourth-order valence-electron chi connectivity index (χ4n) is 1.66. The molecule has 0 aromatic heterocycles. The van der Waals surface area contributed by atoms with Crippen LogP contribution in [-0.2, 0) is 11.3 Å². The zero-order valence-corrected chi connectivity index (χ0v) is 12.8. The van der Waals surface area contributed by atoms with Crippen LogP contribution in [0.1, 0.15) is 5.56 Å². The summed E-state index contributed by atoms with van der Waals surface area (Å²) in [5, 5.41) is 20.8. The number of nitro benzene ring substituents is 1. The summed E-state index contributed by atoms with van der Waals surface area (Å²) in [5.41, 5.74) is 0.650.